The lowest BCUT2D eigenvalue weighted by atomic mass is 9.88. The van der Waals surface area contributed by atoms with E-state index in [-0.39, 0.29) is 18.3 Å². The molecule has 2 aliphatic rings. The van der Waals surface area contributed by atoms with Crippen molar-refractivity contribution < 1.29 is 24.1 Å². The van der Waals surface area contributed by atoms with Crippen molar-refractivity contribution in [2.75, 3.05) is 33.5 Å². The van der Waals surface area contributed by atoms with Crippen LogP contribution in [0.15, 0.2) is 0 Å². The van der Waals surface area contributed by atoms with E-state index in [4.69, 9.17) is 18.9 Å². The predicted molar refractivity (Wildman–Crippen MR) is 65.6 cm³/mol. The van der Waals surface area contributed by atoms with Crippen LogP contribution in [0.5, 0.6) is 0 Å². The number of hydrogen-bond donors (Lipinski definition) is 1. The number of ether oxygens (including phenoxy) is 4. The molecule has 0 aromatic heterocycles. The van der Waals surface area contributed by atoms with E-state index in [2.05, 4.69) is 0 Å². The quantitative estimate of drug-likeness (QED) is 0.684. The molecule has 1 saturated heterocycles. The van der Waals surface area contributed by atoms with Crippen molar-refractivity contribution in [2.45, 2.75) is 50.1 Å². The lowest BCUT2D eigenvalue weighted by Crippen LogP contribution is -2.54. The number of methoxy groups -OCH3 is 1. The summed E-state index contributed by atoms with van der Waals surface area (Å²) in [4.78, 5) is 0. The molecule has 0 bridgehead atoms. The first-order valence-corrected chi connectivity index (χ1v) is 6.83. The highest BCUT2D eigenvalue weighted by atomic mass is 16.6. The fraction of sp³-hybridized carbons (Fsp3) is 1.00. The fourth-order valence-corrected chi connectivity index (χ4v) is 2.38. The van der Waals surface area contributed by atoms with Gasteiger partial charge in [0, 0.05) is 20.1 Å². The van der Waals surface area contributed by atoms with Gasteiger partial charge in [0.05, 0.1) is 38.1 Å². The molecule has 5 heteroatoms. The van der Waals surface area contributed by atoms with Crippen LogP contribution < -0.4 is 0 Å². The highest BCUT2D eigenvalue weighted by Gasteiger charge is 2.42. The molecule has 0 spiro atoms. The molecule has 18 heavy (non-hydrogen) atoms. The van der Waals surface area contributed by atoms with Gasteiger partial charge in [0.1, 0.15) is 6.10 Å². The number of rotatable bonds is 7. The van der Waals surface area contributed by atoms with Crippen molar-refractivity contribution in [2.24, 2.45) is 0 Å². The Morgan fingerprint density at radius 2 is 2.11 bits per heavy atom. The minimum Gasteiger partial charge on any atom is -0.390 e. The molecule has 0 radical (unpaired) electrons. The molecule has 1 heterocycles. The summed E-state index contributed by atoms with van der Waals surface area (Å²) in [5.74, 6) is 0. The van der Waals surface area contributed by atoms with Crippen molar-refractivity contribution in [3.8, 4) is 0 Å². The first-order chi connectivity index (χ1) is 8.81. The molecule has 1 N–H and O–H groups in total. The highest BCUT2D eigenvalue weighted by Crippen LogP contribution is 2.28. The zero-order chi connectivity index (χ0) is 12.8. The third-order valence-corrected chi connectivity index (χ3v) is 3.59. The minimum atomic E-state index is -0.404. The SMILES string of the molecule is COCCOC1C(O)CC1OCC1CCCCO1. The first kappa shape index (κ1) is 14.2. The van der Waals surface area contributed by atoms with Gasteiger partial charge in [-0.15, -0.1) is 0 Å². The second kappa shape index (κ2) is 7.40. The topological polar surface area (TPSA) is 57.2 Å². The van der Waals surface area contributed by atoms with Gasteiger partial charge >= 0.3 is 0 Å². The molecule has 5 nitrogen and oxygen atoms in total. The summed E-state index contributed by atoms with van der Waals surface area (Å²) in [5.41, 5.74) is 0. The van der Waals surface area contributed by atoms with Crippen LogP contribution in [-0.4, -0.2) is 63.1 Å². The fourth-order valence-electron chi connectivity index (χ4n) is 2.38. The highest BCUT2D eigenvalue weighted by molar-refractivity contribution is 4.92. The molecular formula is C13H24O5. The zero-order valence-corrected chi connectivity index (χ0v) is 11.0. The van der Waals surface area contributed by atoms with Crippen LogP contribution in [-0.2, 0) is 18.9 Å². The molecule has 0 amide bonds. The average molecular weight is 260 g/mol. The van der Waals surface area contributed by atoms with Crippen molar-refractivity contribution in [1.82, 2.24) is 0 Å². The Bertz CT molecular complexity index is 229. The van der Waals surface area contributed by atoms with Gasteiger partial charge in [-0.25, -0.2) is 0 Å². The van der Waals surface area contributed by atoms with Crippen LogP contribution in [0.3, 0.4) is 0 Å². The Balaban J connectivity index is 1.62. The van der Waals surface area contributed by atoms with E-state index in [0.29, 0.717) is 26.2 Å². The van der Waals surface area contributed by atoms with Crippen molar-refractivity contribution in [3.05, 3.63) is 0 Å². The number of hydrogen-bond acceptors (Lipinski definition) is 5. The zero-order valence-electron chi connectivity index (χ0n) is 11.0. The van der Waals surface area contributed by atoms with E-state index in [0.717, 1.165) is 19.4 Å². The van der Waals surface area contributed by atoms with Gasteiger partial charge in [0.2, 0.25) is 0 Å². The Kier molecular flexibility index (Phi) is 5.85. The molecule has 2 rings (SSSR count). The summed E-state index contributed by atoms with van der Waals surface area (Å²) in [6.45, 7) is 2.50. The molecule has 4 atom stereocenters. The lowest BCUT2D eigenvalue weighted by molar-refractivity contribution is -0.205. The molecular weight excluding hydrogens is 236 g/mol. The summed E-state index contributed by atoms with van der Waals surface area (Å²) in [6.07, 6.45) is 3.71. The molecule has 4 unspecified atom stereocenters. The summed E-state index contributed by atoms with van der Waals surface area (Å²) >= 11 is 0. The van der Waals surface area contributed by atoms with Crippen molar-refractivity contribution >= 4 is 0 Å². The molecule has 0 aromatic rings. The maximum absolute atomic E-state index is 9.64. The maximum atomic E-state index is 9.64. The Hall–Kier alpha value is -0.200. The van der Waals surface area contributed by atoms with Crippen LogP contribution in [0.25, 0.3) is 0 Å². The Morgan fingerprint density at radius 1 is 1.22 bits per heavy atom. The largest absolute Gasteiger partial charge is 0.390 e. The van der Waals surface area contributed by atoms with Crippen LogP contribution in [0.1, 0.15) is 25.7 Å². The van der Waals surface area contributed by atoms with E-state index < -0.39 is 6.10 Å². The van der Waals surface area contributed by atoms with Crippen LogP contribution in [0.4, 0.5) is 0 Å². The summed E-state index contributed by atoms with van der Waals surface area (Å²) in [6, 6.07) is 0. The normalized spacial score (nSPS) is 36.3. The van der Waals surface area contributed by atoms with Gasteiger partial charge in [-0.05, 0) is 19.3 Å². The minimum absolute atomic E-state index is 0.00221. The molecule has 0 aromatic carbocycles. The maximum Gasteiger partial charge on any atom is 0.110 e. The van der Waals surface area contributed by atoms with Gasteiger partial charge in [-0.2, -0.15) is 0 Å². The van der Waals surface area contributed by atoms with Gasteiger partial charge in [-0.1, -0.05) is 0 Å². The van der Waals surface area contributed by atoms with E-state index in [9.17, 15) is 5.11 Å². The molecule has 1 aliphatic heterocycles. The average Bonchev–Trinajstić information content (AvgIpc) is 2.40. The van der Waals surface area contributed by atoms with E-state index >= 15 is 0 Å². The number of aliphatic hydroxyl groups excluding tert-OH is 1. The molecule has 2 fully saturated rings. The van der Waals surface area contributed by atoms with E-state index in [1.807, 2.05) is 0 Å². The van der Waals surface area contributed by atoms with Gasteiger partial charge in [0.25, 0.3) is 0 Å². The molecule has 106 valence electrons. The summed E-state index contributed by atoms with van der Waals surface area (Å²) in [7, 11) is 1.63. The summed E-state index contributed by atoms with van der Waals surface area (Å²) < 4.78 is 21.9. The van der Waals surface area contributed by atoms with Gasteiger partial charge in [0.15, 0.2) is 0 Å². The second-order valence-corrected chi connectivity index (χ2v) is 4.99. The third-order valence-electron chi connectivity index (χ3n) is 3.59. The van der Waals surface area contributed by atoms with E-state index in [1.165, 1.54) is 6.42 Å². The second-order valence-electron chi connectivity index (χ2n) is 4.99. The molecule has 1 saturated carbocycles. The molecule has 1 aliphatic carbocycles. The third kappa shape index (κ3) is 3.90. The van der Waals surface area contributed by atoms with Gasteiger partial charge in [-0.3, -0.25) is 0 Å². The number of aliphatic hydroxyl groups is 1. The predicted octanol–water partition coefficient (Wildman–Crippen LogP) is 0.737. The van der Waals surface area contributed by atoms with Crippen LogP contribution in [0.2, 0.25) is 0 Å². The Labute approximate surface area is 108 Å². The van der Waals surface area contributed by atoms with Crippen molar-refractivity contribution in [3.63, 3.8) is 0 Å². The summed E-state index contributed by atoms with van der Waals surface area (Å²) in [5, 5.41) is 9.64. The Morgan fingerprint density at radius 3 is 2.78 bits per heavy atom. The van der Waals surface area contributed by atoms with Crippen molar-refractivity contribution in [1.29, 1.82) is 0 Å². The monoisotopic (exact) mass is 260 g/mol. The first-order valence-electron chi connectivity index (χ1n) is 6.83. The van der Waals surface area contributed by atoms with E-state index in [1.54, 1.807) is 7.11 Å². The lowest BCUT2D eigenvalue weighted by Gasteiger charge is -2.41. The van der Waals surface area contributed by atoms with Crippen LogP contribution in [0, 0.1) is 0 Å². The smallest absolute Gasteiger partial charge is 0.110 e. The van der Waals surface area contributed by atoms with Gasteiger partial charge < -0.3 is 24.1 Å². The standard InChI is InChI=1S/C13H24O5/c1-15-6-7-17-13-11(14)8-12(13)18-9-10-4-2-3-5-16-10/h10-14H,2-9H2,1H3. The van der Waals surface area contributed by atoms with Crippen LogP contribution >= 0.6 is 0 Å².